The van der Waals surface area contributed by atoms with Crippen molar-refractivity contribution >= 4 is 33.6 Å². The van der Waals surface area contributed by atoms with E-state index in [4.69, 9.17) is 19.2 Å². The molecule has 1 saturated carbocycles. The number of rotatable bonds is 14. The standard InChI is InChI=1S/C28H50N4O4Si2/c1-9-36-27(33)28(2)13-10-23(11-14-28)24-20-26(32-25(30-24)12-15-29-32)31(21-34-16-18-37(3,4)5)22-35-17-19-38(6,7)8/h12,15,20,23H,9-11,13-14,16-19,21-22H2,1-8H3. The second-order valence-corrected chi connectivity index (χ2v) is 24.7. The summed E-state index contributed by atoms with van der Waals surface area (Å²) in [5.74, 6) is 1.16. The second-order valence-electron chi connectivity index (χ2n) is 13.4. The minimum Gasteiger partial charge on any atom is -0.466 e. The van der Waals surface area contributed by atoms with Gasteiger partial charge in [-0.1, -0.05) is 39.3 Å². The van der Waals surface area contributed by atoms with Crippen LogP contribution in [0.25, 0.3) is 5.65 Å². The predicted octanol–water partition coefficient (Wildman–Crippen LogP) is 6.39. The fourth-order valence-corrected chi connectivity index (χ4v) is 6.20. The van der Waals surface area contributed by atoms with Gasteiger partial charge in [-0.05, 0) is 51.6 Å². The lowest BCUT2D eigenvalue weighted by atomic mass is 9.71. The number of anilines is 1. The van der Waals surface area contributed by atoms with Gasteiger partial charge in [-0.2, -0.15) is 9.61 Å². The smallest absolute Gasteiger partial charge is 0.311 e. The highest BCUT2D eigenvalue weighted by atomic mass is 28.3. The van der Waals surface area contributed by atoms with Gasteiger partial charge < -0.3 is 19.1 Å². The van der Waals surface area contributed by atoms with Crippen molar-refractivity contribution in [3.05, 3.63) is 24.0 Å². The predicted molar refractivity (Wildman–Crippen MR) is 159 cm³/mol. The summed E-state index contributed by atoms with van der Waals surface area (Å²) in [4.78, 5) is 19.7. The maximum atomic E-state index is 12.5. The van der Waals surface area contributed by atoms with Crippen LogP contribution in [0.15, 0.2) is 18.3 Å². The number of nitrogens with zero attached hydrogens (tertiary/aromatic N) is 4. The molecule has 1 aliphatic rings. The molecule has 0 unspecified atom stereocenters. The highest BCUT2D eigenvalue weighted by Crippen LogP contribution is 2.43. The van der Waals surface area contributed by atoms with Crippen LogP contribution >= 0.6 is 0 Å². The maximum absolute atomic E-state index is 12.5. The third-order valence-corrected chi connectivity index (χ3v) is 10.9. The molecule has 0 N–H and O–H groups in total. The van der Waals surface area contributed by atoms with Crippen LogP contribution in [0.1, 0.15) is 51.1 Å². The molecule has 10 heteroatoms. The number of esters is 1. The van der Waals surface area contributed by atoms with E-state index in [0.29, 0.717) is 26.0 Å². The van der Waals surface area contributed by atoms with Gasteiger partial charge in [0.1, 0.15) is 19.3 Å². The molecule has 3 rings (SSSR count). The fourth-order valence-electron chi connectivity index (χ4n) is 4.69. The highest BCUT2D eigenvalue weighted by molar-refractivity contribution is 6.76. The van der Waals surface area contributed by atoms with E-state index in [1.807, 2.05) is 24.4 Å². The number of aromatic nitrogens is 3. The molecule has 8 nitrogen and oxygen atoms in total. The van der Waals surface area contributed by atoms with Gasteiger partial charge in [0.05, 0.1) is 18.2 Å². The SMILES string of the molecule is CCOC(=O)C1(C)CCC(c2cc(N(COCC[Si](C)(C)C)COCC[Si](C)(C)C)n3nccc3n2)CC1. The lowest BCUT2D eigenvalue weighted by Gasteiger charge is -2.35. The average Bonchev–Trinajstić information content (AvgIpc) is 3.31. The van der Waals surface area contributed by atoms with Crippen LogP contribution in [-0.4, -0.2) is 70.0 Å². The molecule has 2 aromatic heterocycles. The summed E-state index contributed by atoms with van der Waals surface area (Å²) in [6.07, 6.45) is 5.23. The lowest BCUT2D eigenvalue weighted by molar-refractivity contribution is -0.156. The van der Waals surface area contributed by atoms with Crippen molar-refractivity contribution in [1.82, 2.24) is 14.6 Å². The Morgan fingerprint density at radius 2 is 1.63 bits per heavy atom. The van der Waals surface area contributed by atoms with Crippen molar-refractivity contribution in [1.29, 1.82) is 0 Å². The summed E-state index contributed by atoms with van der Waals surface area (Å²) in [6, 6.07) is 6.35. The van der Waals surface area contributed by atoms with E-state index < -0.39 is 21.6 Å². The van der Waals surface area contributed by atoms with Crippen molar-refractivity contribution in [3.8, 4) is 0 Å². The van der Waals surface area contributed by atoms with Crippen molar-refractivity contribution in [2.24, 2.45) is 5.41 Å². The molecule has 38 heavy (non-hydrogen) atoms. The Balaban J connectivity index is 1.79. The maximum Gasteiger partial charge on any atom is 0.311 e. The summed E-state index contributed by atoms with van der Waals surface area (Å²) in [5, 5.41) is 4.58. The lowest BCUT2D eigenvalue weighted by Crippen LogP contribution is -2.34. The van der Waals surface area contributed by atoms with Crippen LogP contribution in [0, 0.1) is 5.41 Å². The monoisotopic (exact) mass is 562 g/mol. The van der Waals surface area contributed by atoms with Crippen LogP contribution in [0.4, 0.5) is 5.82 Å². The van der Waals surface area contributed by atoms with E-state index in [9.17, 15) is 4.79 Å². The molecule has 1 fully saturated rings. The average molecular weight is 563 g/mol. The van der Waals surface area contributed by atoms with Gasteiger partial charge in [-0.15, -0.1) is 0 Å². The second kappa shape index (κ2) is 13.1. The molecular weight excluding hydrogens is 513 g/mol. The van der Waals surface area contributed by atoms with Gasteiger partial charge in [-0.3, -0.25) is 4.79 Å². The van der Waals surface area contributed by atoms with Gasteiger partial charge in [0, 0.05) is 53.1 Å². The first kappa shape index (κ1) is 30.8. The first-order chi connectivity index (χ1) is 17.8. The summed E-state index contributed by atoms with van der Waals surface area (Å²) in [5.41, 5.74) is 1.47. The molecule has 0 bridgehead atoms. The molecule has 214 valence electrons. The number of fused-ring (bicyclic) bond motifs is 1. The van der Waals surface area contributed by atoms with Crippen molar-refractivity contribution in [2.75, 3.05) is 38.2 Å². The largest absolute Gasteiger partial charge is 0.466 e. The minimum atomic E-state index is -1.18. The van der Waals surface area contributed by atoms with E-state index in [0.717, 1.165) is 68.1 Å². The van der Waals surface area contributed by atoms with Gasteiger partial charge in [0.2, 0.25) is 0 Å². The zero-order valence-electron chi connectivity index (χ0n) is 25.0. The molecular formula is C28H50N4O4Si2. The van der Waals surface area contributed by atoms with E-state index in [1.54, 1.807) is 6.20 Å². The zero-order valence-corrected chi connectivity index (χ0v) is 27.0. The number of hydrogen-bond acceptors (Lipinski definition) is 7. The quantitative estimate of drug-likeness (QED) is 0.114. The van der Waals surface area contributed by atoms with Gasteiger partial charge in [0.15, 0.2) is 5.65 Å². The number of carbonyl (C=O) groups excluding carboxylic acids is 1. The highest BCUT2D eigenvalue weighted by Gasteiger charge is 2.39. The zero-order chi connectivity index (χ0) is 28.0. The molecule has 0 spiro atoms. The van der Waals surface area contributed by atoms with Gasteiger partial charge in [0.25, 0.3) is 0 Å². The first-order valence-electron chi connectivity index (χ1n) is 14.2. The Bertz CT molecular complexity index is 1020. The molecule has 2 heterocycles. The fraction of sp³-hybridized carbons (Fsp3) is 0.750. The van der Waals surface area contributed by atoms with Crippen LogP contribution in [0.3, 0.4) is 0 Å². The van der Waals surface area contributed by atoms with E-state index in [-0.39, 0.29) is 5.97 Å². The third kappa shape index (κ3) is 8.89. The van der Waals surface area contributed by atoms with Crippen LogP contribution in [-0.2, 0) is 19.0 Å². The number of ether oxygens (including phenoxy) is 3. The molecule has 0 aliphatic heterocycles. The van der Waals surface area contributed by atoms with Gasteiger partial charge >= 0.3 is 5.97 Å². The van der Waals surface area contributed by atoms with E-state index >= 15 is 0 Å². The number of hydrogen-bond donors (Lipinski definition) is 0. The van der Waals surface area contributed by atoms with Crippen LogP contribution < -0.4 is 4.90 Å². The first-order valence-corrected chi connectivity index (χ1v) is 21.7. The summed E-state index contributed by atoms with van der Waals surface area (Å²) < 4.78 is 19.6. The topological polar surface area (TPSA) is 78.2 Å². The Morgan fingerprint density at radius 1 is 1.05 bits per heavy atom. The van der Waals surface area contributed by atoms with E-state index in [1.165, 1.54) is 0 Å². The third-order valence-electron chi connectivity index (χ3n) is 7.45. The van der Waals surface area contributed by atoms with Crippen LogP contribution in [0.5, 0.6) is 0 Å². The van der Waals surface area contributed by atoms with Crippen LogP contribution in [0.2, 0.25) is 51.4 Å². The van der Waals surface area contributed by atoms with Crippen molar-refractivity contribution in [2.45, 2.75) is 96.8 Å². The summed E-state index contributed by atoms with van der Waals surface area (Å²) >= 11 is 0. The Hall–Kier alpha value is -1.76. The Morgan fingerprint density at radius 3 is 2.16 bits per heavy atom. The number of carbonyl (C=O) groups is 1. The van der Waals surface area contributed by atoms with Gasteiger partial charge in [-0.25, -0.2) is 4.98 Å². The summed E-state index contributed by atoms with van der Waals surface area (Å²) in [6.45, 7) is 20.9. The summed E-state index contributed by atoms with van der Waals surface area (Å²) in [7, 11) is -2.36. The normalized spacial score (nSPS) is 20.6. The molecule has 0 amide bonds. The molecule has 0 atom stereocenters. The molecule has 2 aromatic rings. The van der Waals surface area contributed by atoms with E-state index in [2.05, 4.69) is 55.3 Å². The molecule has 0 saturated heterocycles. The molecule has 1 aliphatic carbocycles. The minimum absolute atomic E-state index is 0.0737. The van der Waals surface area contributed by atoms with Crippen molar-refractivity contribution < 1.29 is 19.0 Å². The Labute approximate surface area is 231 Å². The molecule has 0 radical (unpaired) electrons. The van der Waals surface area contributed by atoms with Crippen molar-refractivity contribution in [3.63, 3.8) is 0 Å². The molecule has 0 aromatic carbocycles. The Kier molecular flexibility index (Phi) is 10.6.